The van der Waals surface area contributed by atoms with Crippen LogP contribution in [0.2, 0.25) is 0 Å². The van der Waals surface area contributed by atoms with E-state index in [4.69, 9.17) is 29.9 Å². The highest BCUT2D eigenvalue weighted by Gasteiger charge is 2.17. The van der Waals surface area contributed by atoms with Crippen molar-refractivity contribution in [2.75, 3.05) is 16.0 Å². The Morgan fingerprint density at radius 3 is 0.974 bits per heavy atom. The molecule has 0 aromatic carbocycles. The number of anilines is 3. The van der Waals surface area contributed by atoms with E-state index < -0.39 is 0 Å². The first kappa shape index (κ1) is 29.4. The minimum absolute atomic E-state index is 0.391. The highest BCUT2D eigenvalue weighted by Crippen LogP contribution is 2.23. The van der Waals surface area contributed by atoms with Gasteiger partial charge in [0.2, 0.25) is 17.8 Å². The maximum atomic E-state index is 5.03. The molecule has 216 valence electrons. The second kappa shape index (κ2) is 15.9. The number of hydrogen-bond acceptors (Lipinski definition) is 6. The molecular weight excluding hydrogens is 486 g/mol. The SMILES string of the molecule is CCC(=NC1CCCCC1)Nc1nc(NC(CC)=NC2CCCCC2)nc(NC(CC)=NC2CCCCC2)n1. The van der Waals surface area contributed by atoms with Crippen molar-refractivity contribution in [3.63, 3.8) is 0 Å². The van der Waals surface area contributed by atoms with Crippen LogP contribution < -0.4 is 16.0 Å². The predicted octanol–water partition coefficient (Wildman–Crippen LogP) is 7.53. The summed E-state index contributed by atoms with van der Waals surface area (Å²) in [7, 11) is 0. The van der Waals surface area contributed by atoms with E-state index in [0.717, 1.165) is 75.3 Å². The summed E-state index contributed by atoms with van der Waals surface area (Å²) in [6.45, 7) is 6.39. The van der Waals surface area contributed by atoms with Crippen molar-refractivity contribution < 1.29 is 0 Å². The molecule has 0 unspecified atom stereocenters. The van der Waals surface area contributed by atoms with Crippen LogP contribution in [0.3, 0.4) is 0 Å². The van der Waals surface area contributed by atoms with Gasteiger partial charge in [-0.15, -0.1) is 0 Å². The van der Waals surface area contributed by atoms with E-state index in [2.05, 4.69) is 36.7 Å². The first-order chi connectivity index (χ1) is 19.1. The Hall–Kier alpha value is -2.58. The first-order valence-corrected chi connectivity index (χ1v) is 15.9. The highest BCUT2D eigenvalue weighted by molar-refractivity contribution is 5.97. The third kappa shape index (κ3) is 9.84. The van der Waals surface area contributed by atoms with Crippen LogP contribution in [0.5, 0.6) is 0 Å². The van der Waals surface area contributed by atoms with E-state index in [1.807, 2.05) is 0 Å². The van der Waals surface area contributed by atoms with Crippen LogP contribution in [0.4, 0.5) is 17.8 Å². The van der Waals surface area contributed by atoms with Gasteiger partial charge >= 0.3 is 0 Å². The summed E-state index contributed by atoms with van der Waals surface area (Å²) in [4.78, 5) is 29.4. The molecule has 3 saturated carbocycles. The van der Waals surface area contributed by atoms with Gasteiger partial charge in [0.25, 0.3) is 0 Å². The summed E-state index contributed by atoms with van der Waals surface area (Å²) in [6, 6.07) is 1.17. The zero-order valence-electron chi connectivity index (χ0n) is 24.6. The van der Waals surface area contributed by atoms with E-state index in [0.29, 0.717) is 36.0 Å². The molecule has 0 radical (unpaired) electrons. The van der Waals surface area contributed by atoms with Crippen molar-refractivity contribution in [2.24, 2.45) is 15.0 Å². The Kier molecular flexibility index (Phi) is 12.0. The van der Waals surface area contributed by atoms with Crippen LogP contribution in [-0.4, -0.2) is 50.6 Å². The third-order valence-electron chi connectivity index (χ3n) is 8.15. The lowest BCUT2D eigenvalue weighted by Gasteiger charge is -2.21. The van der Waals surface area contributed by atoms with Crippen LogP contribution in [0.15, 0.2) is 15.0 Å². The Balaban J connectivity index is 1.57. The van der Waals surface area contributed by atoms with Crippen molar-refractivity contribution in [1.82, 2.24) is 15.0 Å². The largest absolute Gasteiger partial charge is 0.312 e. The van der Waals surface area contributed by atoms with Crippen LogP contribution in [0.25, 0.3) is 0 Å². The van der Waals surface area contributed by atoms with Crippen LogP contribution in [-0.2, 0) is 0 Å². The van der Waals surface area contributed by atoms with E-state index in [1.54, 1.807) is 0 Å². The zero-order valence-corrected chi connectivity index (χ0v) is 24.6. The average Bonchev–Trinajstić information content (AvgIpc) is 2.97. The normalized spacial score (nSPS) is 21.2. The smallest absolute Gasteiger partial charge is 0.234 e. The summed E-state index contributed by atoms with van der Waals surface area (Å²) < 4.78 is 0. The molecule has 0 aliphatic heterocycles. The van der Waals surface area contributed by atoms with Gasteiger partial charge in [-0.1, -0.05) is 78.6 Å². The fraction of sp³-hybridized carbons (Fsp3) is 0.800. The molecule has 1 heterocycles. The minimum atomic E-state index is 0.391. The molecule has 1 aromatic heterocycles. The molecule has 39 heavy (non-hydrogen) atoms. The summed E-state index contributed by atoms with van der Waals surface area (Å²) >= 11 is 0. The number of rotatable bonds is 9. The average molecular weight is 538 g/mol. The van der Waals surface area contributed by atoms with Gasteiger partial charge in [-0.25, -0.2) is 0 Å². The first-order valence-electron chi connectivity index (χ1n) is 15.9. The van der Waals surface area contributed by atoms with Gasteiger partial charge in [0.1, 0.15) is 17.5 Å². The molecule has 0 spiro atoms. The highest BCUT2D eigenvalue weighted by atomic mass is 15.3. The monoisotopic (exact) mass is 537 g/mol. The molecule has 3 aliphatic rings. The second-order valence-corrected chi connectivity index (χ2v) is 11.3. The number of amidine groups is 3. The zero-order chi connectivity index (χ0) is 27.3. The van der Waals surface area contributed by atoms with Gasteiger partial charge < -0.3 is 16.0 Å². The molecule has 3 fully saturated rings. The van der Waals surface area contributed by atoms with Gasteiger partial charge in [0.05, 0.1) is 18.1 Å². The number of aliphatic imine (C=N–C) groups is 3. The number of nitrogens with one attached hydrogen (secondary N) is 3. The molecule has 3 aliphatic carbocycles. The fourth-order valence-corrected chi connectivity index (χ4v) is 5.86. The fourth-order valence-electron chi connectivity index (χ4n) is 5.86. The molecule has 1 aromatic rings. The number of hydrogen-bond donors (Lipinski definition) is 3. The summed E-state index contributed by atoms with van der Waals surface area (Å²) in [5.41, 5.74) is 0. The molecule has 4 rings (SSSR count). The van der Waals surface area contributed by atoms with E-state index >= 15 is 0 Å². The van der Waals surface area contributed by atoms with Gasteiger partial charge in [0.15, 0.2) is 0 Å². The molecule has 9 nitrogen and oxygen atoms in total. The van der Waals surface area contributed by atoms with Gasteiger partial charge in [-0.05, 0) is 38.5 Å². The Bertz CT molecular complexity index is 833. The third-order valence-corrected chi connectivity index (χ3v) is 8.15. The summed E-state index contributed by atoms with van der Waals surface area (Å²) in [5, 5.41) is 10.3. The van der Waals surface area contributed by atoms with Crippen molar-refractivity contribution >= 4 is 35.4 Å². The standard InChI is InChI=1S/C30H51N9/c1-4-25(31-22-16-10-7-11-17-22)34-28-37-29(35-26(5-2)32-23-18-12-8-13-19-23)39-30(38-28)36-27(6-3)33-24-20-14-9-15-21-24/h22-24H,4-21H2,1-3H3,(H3,31,32,33,34,35,36,37,38,39). The van der Waals surface area contributed by atoms with Crippen LogP contribution >= 0.6 is 0 Å². The van der Waals surface area contributed by atoms with Crippen molar-refractivity contribution in [1.29, 1.82) is 0 Å². The molecule has 0 amide bonds. The van der Waals surface area contributed by atoms with Crippen LogP contribution in [0, 0.1) is 0 Å². The minimum Gasteiger partial charge on any atom is -0.312 e. The topological polar surface area (TPSA) is 112 Å². The quantitative estimate of drug-likeness (QED) is 0.222. The van der Waals surface area contributed by atoms with Crippen molar-refractivity contribution in [3.05, 3.63) is 0 Å². The molecular formula is C30H51N9. The van der Waals surface area contributed by atoms with E-state index in [-0.39, 0.29) is 0 Å². The molecule has 0 saturated heterocycles. The van der Waals surface area contributed by atoms with Gasteiger partial charge in [0, 0.05) is 19.3 Å². The van der Waals surface area contributed by atoms with E-state index in [1.165, 1.54) is 57.8 Å². The second-order valence-electron chi connectivity index (χ2n) is 11.3. The maximum absolute atomic E-state index is 5.03. The van der Waals surface area contributed by atoms with Crippen molar-refractivity contribution in [2.45, 2.75) is 154 Å². The lowest BCUT2D eigenvalue weighted by Crippen LogP contribution is -2.23. The van der Waals surface area contributed by atoms with Crippen molar-refractivity contribution in [3.8, 4) is 0 Å². The lowest BCUT2D eigenvalue weighted by molar-refractivity contribution is 0.443. The molecule has 0 atom stereocenters. The number of aromatic nitrogens is 3. The lowest BCUT2D eigenvalue weighted by atomic mass is 9.96. The Morgan fingerprint density at radius 2 is 0.744 bits per heavy atom. The summed E-state index contributed by atoms with van der Waals surface area (Å²) in [6.07, 6.45) is 20.9. The molecule has 9 heteroatoms. The predicted molar refractivity (Wildman–Crippen MR) is 164 cm³/mol. The summed E-state index contributed by atoms with van der Waals surface area (Å²) in [5.74, 6) is 4.32. The number of nitrogens with zero attached hydrogens (tertiary/aromatic N) is 6. The van der Waals surface area contributed by atoms with Crippen LogP contribution in [0.1, 0.15) is 136 Å². The Morgan fingerprint density at radius 1 is 0.487 bits per heavy atom. The maximum Gasteiger partial charge on any atom is 0.234 e. The Labute approximate surface area is 235 Å². The van der Waals surface area contributed by atoms with Gasteiger partial charge in [-0.2, -0.15) is 15.0 Å². The van der Waals surface area contributed by atoms with Gasteiger partial charge in [-0.3, -0.25) is 15.0 Å². The molecule has 0 bridgehead atoms. The van der Waals surface area contributed by atoms with E-state index in [9.17, 15) is 0 Å². The molecule has 3 N–H and O–H groups in total.